The van der Waals surface area contributed by atoms with Gasteiger partial charge in [-0.1, -0.05) is 36.5 Å². The molecule has 0 saturated carbocycles. The molecule has 24 heavy (non-hydrogen) atoms. The maximum atomic E-state index is 5.75. The Morgan fingerprint density at radius 2 is 1.71 bits per heavy atom. The Labute approximate surface area is 149 Å². The molecule has 0 unspecified atom stereocenters. The van der Waals surface area contributed by atoms with E-state index in [0.29, 0.717) is 13.2 Å². The van der Waals surface area contributed by atoms with Gasteiger partial charge in [0.25, 0.3) is 0 Å². The number of hydrogen-bond acceptors (Lipinski definition) is 3. The zero-order chi connectivity index (χ0) is 16.9. The summed E-state index contributed by atoms with van der Waals surface area (Å²) < 4.78 is 11.4. The minimum absolute atomic E-state index is 0.605. The van der Waals surface area contributed by atoms with Gasteiger partial charge in [0, 0.05) is 18.7 Å². The van der Waals surface area contributed by atoms with Crippen LogP contribution in [0.25, 0.3) is 0 Å². The molecule has 3 nitrogen and oxygen atoms in total. The van der Waals surface area contributed by atoms with Crippen molar-refractivity contribution in [2.24, 2.45) is 0 Å². The van der Waals surface area contributed by atoms with E-state index in [1.54, 1.807) is 0 Å². The molecule has 1 aliphatic heterocycles. The molecule has 0 atom stereocenters. The summed E-state index contributed by atoms with van der Waals surface area (Å²) in [5, 5.41) is 0. The molecule has 3 rings (SSSR count). The van der Waals surface area contributed by atoms with E-state index in [0.717, 1.165) is 41.6 Å². The monoisotopic (exact) mass is 341 g/mol. The quantitative estimate of drug-likeness (QED) is 0.759. The van der Waals surface area contributed by atoms with Gasteiger partial charge in [0.05, 0.1) is 13.2 Å². The van der Waals surface area contributed by atoms with Crippen LogP contribution in [0.3, 0.4) is 0 Å². The highest BCUT2D eigenvalue weighted by atomic mass is 32.1. The number of benzene rings is 2. The molecule has 0 aliphatic carbocycles. The number of rotatable bonds is 5. The first kappa shape index (κ1) is 16.8. The van der Waals surface area contributed by atoms with E-state index in [1.165, 1.54) is 11.1 Å². The molecule has 4 heteroatoms. The summed E-state index contributed by atoms with van der Waals surface area (Å²) in [6.45, 7) is 6.99. The number of ether oxygens (including phenoxy) is 2. The van der Waals surface area contributed by atoms with Crippen LogP contribution in [0.15, 0.2) is 42.5 Å². The summed E-state index contributed by atoms with van der Waals surface area (Å²) >= 11 is 5.75. The van der Waals surface area contributed by atoms with Gasteiger partial charge in [-0.2, -0.15) is 0 Å². The lowest BCUT2D eigenvalue weighted by Gasteiger charge is -2.31. The maximum Gasteiger partial charge on any atom is 0.161 e. The number of nitrogens with zero attached hydrogens (tertiary/aromatic N) is 1. The van der Waals surface area contributed by atoms with Gasteiger partial charge in [-0.05, 0) is 49.6 Å². The molecule has 0 fully saturated rings. The summed E-state index contributed by atoms with van der Waals surface area (Å²) in [6.07, 6.45) is 1.03. The fourth-order valence-electron chi connectivity index (χ4n) is 3.04. The Morgan fingerprint density at radius 3 is 2.46 bits per heavy atom. The third-order valence-electron chi connectivity index (χ3n) is 4.21. The van der Waals surface area contributed by atoms with Gasteiger partial charge in [-0.25, -0.2) is 0 Å². The fourth-order valence-corrected chi connectivity index (χ4v) is 3.32. The molecule has 1 heterocycles. The highest BCUT2D eigenvalue weighted by Gasteiger charge is 2.20. The van der Waals surface area contributed by atoms with Crippen molar-refractivity contribution in [2.45, 2.75) is 26.8 Å². The van der Waals surface area contributed by atoms with Gasteiger partial charge in [0.15, 0.2) is 11.5 Å². The average Bonchev–Trinajstić information content (AvgIpc) is 2.62. The van der Waals surface area contributed by atoms with E-state index in [9.17, 15) is 0 Å². The molecule has 0 bridgehead atoms. The van der Waals surface area contributed by atoms with Crippen molar-refractivity contribution in [3.05, 3.63) is 59.2 Å². The summed E-state index contributed by atoms with van der Waals surface area (Å²) in [4.78, 5) is 3.14. The topological polar surface area (TPSA) is 21.7 Å². The standard InChI is InChI=1S/C20H23NO2S/c1-3-22-18-10-9-16(13-19(18)23-4-2)20(24)21-12-11-15-7-5-6-8-17(15)14-21/h5-10,13H,3-4,11-12,14H2,1-2H3. The number of thiocarbonyl (C=S) groups is 1. The van der Waals surface area contributed by atoms with Gasteiger partial charge in [-0.15, -0.1) is 0 Å². The highest BCUT2D eigenvalue weighted by Crippen LogP contribution is 2.30. The predicted molar refractivity (Wildman–Crippen MR) is 101 cm³/mol. The first-order valence-corrected chi connectivity index (χ1v) is 8.89. The second-order valence-corrected chi connectivity index (χ2v) is 6.16. The molecular weight excluding hydrogens is 318 g/mol. The molecule has 1 aliphatic rings. The van der Waals surface area contributed by atoms with E-state index < -0.39 is 0 Å². The van der Waals surface area contributed by atoms with Crippen molar-refractivity contribution in [1.29, 1.82) is 0 Å². The smallest absolute Gasteiger partial charge is 0.161 e. The van der Waals surface area contributed by atoms with Gasteiger partial charge in [-0.3, -0.25) is 0 Å². The minimum atomic E-state index is 0.605. The van der Waals surface area contributed by atoms with E-state index in [-0.39, 0.29) is 0 Å². The molecule has 2 aromatic carbocycles. The maximum absolute atomic E-state index is 5.75. The van der Waals surface area contributed by atoms with Crippen LogP contribution in [0.1, 0.15) is 30.5 Å². The summed E-state index contributed by atoms with van der Waals surface area (Å²) in [7, 11) is 0. The molecular formula is C20H23NO2S. The molecule has 0 saturated heterocycles. The third kappa shape index (κ3) is 3.54. The zero-order valence-corrected chi connectivity index (χ0v) is 15.1. The number of fused-ring (bicyclic) bond motifs is 1. The zero-order valence-electron chi connectivity index (χ0n) is 14.2. The van der Waals surface area contributed by atoms with Crippen molar-refractivity contribution in [2.75, 3.05) is 19.8 Å². The Bertz CT molecular complexity index is 729. The SMILES string of the molecule is CCOc1ccc(C(=S)N2CCc3ccccc3C2)cc1OCC. The van der Waals surface area contributed by atoms with E-state index in [4.69, 9.17) is 21.7 Å². The van der Waals surface area contributed by atoms with Gasteiger partial charge >= 0.3 is 0 Å². The van der Waals surface area contributed by atoms with Crippen LogP contribution in [-0.4, -0.2) is 29.6 Å². The van der Waals surface area contributed by atoms with Crippen LogP contribution in [0.4, 0.5) is 0 Å². The lowest BCUT2D eigenvalue weighted by Crippen LogP contribution is -2.35. The first-order chi connectivity index (χ1) is 11.7. The van der Waals surface area contributed by atoms with Crippen LogP contribution >= 0.6 is 12.2 Å². The van der Waals surface area contributed by atoms with E-state index in [1.807, 2.05) is 32.0 Å². The van der Waals surface area contributed by atoms with E-state index >= 15 is 0 Å². The van der Waals surface area contributed by atoms with Crippen LogP contribution in [0, 0.1) is 0 Å². The second kappa shape index (κ2) is 7.67. The van der Waals surface area contributed by atoms with Gasteiger partial charge < -0.3 is 14.4 Å². The molecule has 0 aromatic heterocycles. The van der Waals surface area contributed by atoms with Crippen LogP contribution in [-0.2, 0) is 13.0 Å². The van der Waals surface area contributed by atoms with Crippen LogP contribution < -0.4 is 9.47 Å². The van der Waals surface area contributed by atoms with Gasteiger partial charge in [0.2, 0.25) is 0 Å². The Morgan fingerprint density at radius 1 is 1.00 bits per heavy atom. The summed E-state index contributed by atoms with van der Waals surface area (Å²) in [6, 6.07) is 14.6. The fraction of sp³-hybridized carbons (Fsp3) is 0.350. The average molecular weight is 341 g/mol. The largest absolute Gasteiger partial charge is 0.490 e. The summed E-state index contributed by atoms with van der Waals surface area (Å²) in [5.41, 5.74) is 3.80. The normalized spacial score (nSPS) is 13.3. The first-order valence-electron chi connectivity index (χ1n) is 8.48. The molecule has 0 amide bonds. The highest BCUT2D eigenvalue weighted by molar-refractivity contribution is 7.80. The van der Waals surface area contributed by atoms with Crippen LogP contribution in [0.2, 0.25) is 0 Å². The summed E-state index contributed by atoms with van der Waals surface area (Å²) in [5.74, 6) is 1.53. The molecule has 0 radical (unpaired) electrons. The molecule has 126 valence electrons. The third-order valence-corrected chi connectivity index (χ3v) is 4.70. The van der Waals surface area contributed by atoms with Crippen molar-refractivity contribution >= 4 is 17.2 Å². The van der Waals surface area contributed by atoms with Gasteiger partial charge in [0.1, 0.15) is 4.99 Å². The molecule has 2 aromatic rings. The van der Waals surface area contributed by atoms with E-state index in [2.05, 4.69) is 29.2 Å². The number of hydrogen-bond donors (Lipinski definition) is 0. The van der Waals surface area contributed by atoms with Crippen LogP contribution in [0.5, 0.6) is 11.5 Å². The van der Waals surface area contributed by atoms with Crippen molar-refractivity contribution in [3.63, 3.8) is 0 Å². The lowest BCUT2D eigenvalue weighted by atomic mass is 9.99. The molecule has 0 spiro atoms. The Hall–Kier alpha value is -2.07. The van der Waals surface area contributed by atoms with Crippen molar-refractivity contribution in [3.8, 4) is 11.5 Å². The Kier molecular flexibility index (Phi) is 5.36. The lowest BCUT2D eigenvalue weighted by molar-refractivity contribution is 0.287. The minimum Gasteiger partial charge on any atom is -0.490 e. The predicted octanol–water partition coefficient (Wildman–Crippen LogP) is 4.22. The van der Waals surface area contributed by atoms with Crippen molar-refractivity contribution < 1.29 is 9.47 Å². The Balaban J connectivity index is 1.81. The molecule has 0 N–H and O–H groups in total. The second-order valence-electron chi connectivity index (χ2n) is 5.77. The van der Waals surface area contributed by atoms with Crippen molar-refractivity contribution in [1.82, 2.24) is 4.90 Å².